The first-order valence-electron chi connectivity index (χ1n) is 20.4. The van der Waals surface area contributed by atoms with Gasteiger partial charge in [0.05, 0.1) is 53.6 Å². The second-order valence-electron chi connectivity index (χ2n) is 16.4. The maximum Gasteiger partial charge on any atom is 0.257 e. The number of likely N-dealkylation sites (tertiary alicyclic amines) is 1. The molecule has 4 amide bonds. The zero-order valence-electron chi connectivity index (χ0n) is 34.8. The second-order valence-corrected chi connectivity index (χ2v) is 18.1. The number of aliphatic hydroxyl groups excluding tert-OH is 1. The number of aromatic nitrogens is 2. The predicted molar refractivity (Wildman–Crippen MR) is 229 cm³/mol. The Bertz CT molecular complexity index is 2150. The molecule has 14 nitrogen and oxygen atoms in total. The first-order valence-corrected chi connectivity index (χ1v) is 22.1. The van der Waals surface area contributed by atoms with Crippen molar-refractivity contribution in [3.63, 3.8) is 0 Å². The van der Waals surface area contributed by atoms with Gasteiger partial charge in [-0.2, -0.15) is 4.39 Å². The van der Waals surface area contributed by atoms with E-state index in [0.29, 0.717) is 50.4 Å². The maximum absolute atomic E-state index is 15.0. The van der Waals surface area contributed by atoms with Crippen molar-refractivity contribution in [3.8, 4) is 27.4 Å². The van der Waals surface area contributed by atoms with E-state index in [1.807, 2.05) is 52.0 Å². The van der Waals surface area contributed by atoms with Gasteiger partial charge in [0, 0.05) is 56.5 Å². The second kappa shape index (κ2) is 20.7. The van der Waals surface area contributed by atoms with E-state index < -0.39 is 54.0 Å². The number of carbonyl (C=O) groups excluding carboxylic acids is 4. The Hall–Kier alpha value is -5.04. The molecule has 3 atom stereocenters. The summed E-state index contributed by atoms with van der Waals surface area (Å²) >= 11 is 2.89. The monoisotopic (exact) mass is 881 g/mol. The van der Waals surface area contributed by atoms with Gasteiger partial charge >= 0.3 is 0 Å². The van der Waals surface area contributed by atoms with Crippen molar-refractivity contribution in [2.45, 2.75) is 78.0 Å². The number of halogens is 2. The molecule has 18 heteroatoms. The van der Waals surface area contributed by atoms with E-state index in [-0.39, 0.29) is 61.7 Å². The number of morpholine rings is 1. The zero-order valence-corrected chi connectivity index (χ0v) is 36.4. The van der Waals surface area contributed by atoms with Crippen LogP contribution in [0.1, 0.15) is 70.2 Å². The summed E-state index contributed by atoms with van der Waals surface area (Å²) in [7, 11) is 0. The number of aryl methyl sites for hydroxylation is 1. The molecular formula is C43H53F2N7O7S2. The van der Waals surface area contributed by atoms with Gasteiger partial charge in [-0.25, -0.2) is 14.4 Å². The van der Waals surface area contributed by atoms with Gasteiger partial charge in [0.25, 0.3) is 5.91 Å². The topological polar surface area (TPSA) is 175 Å². The van der Waals surface area contributed by atoms with Crippen LogP contribution in [0, 0.1) is 24.0 Å². The molecule has 6 rings (SSSR count). The lowest BCUT2D eigenvalue weighted by Gasteiger charge is -2.29. The van der Waals surface area contributed by atoms with Crippen LogP contribution in [-0.2, 0) is 23.9 Å². The number of β-amino-alcohol motifs (C(OH)–C–C–N with tert-alkyl or cyclic N) is 1. The molecule has 0 unspecified atom stereocenters. The summed E-state index contributed by atoms with van der Waals surface area (Å²) in [6.45, 7) is 10.3. The molecule has 2 aromatic carbocycles. The number of anilines is 1. The number of nitrogens with zero attached hydrogens (tertiary/aromatic N) is 4. The maximum atomic E-state index is 15.0. The number of unbranched alkanes of at least 4 members (excludes halogenated alkanes) is 1. The molecule has 2 aromatic heterocycles. The van der Waals surface area contributed by atoms with Gasteiger partial charge in [0.2, 0.25) is 23.5 Å². The van der Waals surface area contributed by atoms with Gasteiger partial charge in [-0.3, -0.25) is 19.2 Å². The summed E-state index contributed by atoms with van der Waals surface area (Å²) < 4.78 is 40.1. The zero-order chi connectivity index (χ0) is 43.7. The third kappa shape index (κ3) is 12.3. The van der Waals surface area contributed by atoms with Crippen molar-refractivity contribution in [2.75, 3.05) is 57.4 Å². The summed E-state index contributed by atoms with van der Waals surface area (Å²) in [5.41, 5.74) is 4.64. The van der Waals surface area contributed by atoms with Crippen LogP contribution in [0.4, 0.5) is 13.9 Å². The molecular weight excluding hydrogens is 829 g/mol. The van der Waals surface area contributed by atoms with Crippen molar-refractivity contribution in [3.05, 3.63) is 70.2 Å². The van der Waals surface area contributed by atoms with Crippen molar-refractivity contribution in [1.82, 2.24) is 30.8 Å². The fourth-order valence-corrected chi connectivity index (χ4v) is 8.86. The van der Waals surface area contributed by atoms with E-state index in [4.69, 9.17) is 9.47 Å². The molecule has 328 valence electrons. The number of aliphatic hydroxyl groups is 1. The molecule has 2 aliphatic heterocycles. The molecule has 0 bridgehead atoms. The molecule has 61 heavy (non-hydrogen) atoms. The summed E-state index contributed by atoms with van der Waals surface area (Å²) in [6.07, 6.45) is 0.391. The first kappa shape index (κ1) is 45.5. The lowest BCUT2D eigenvalue weighted by atomic mass is 9.91. The Morgan fingerprint density at radius 3 is 2.38 bits per heavy atom. The normalized spacial score (nSPS) is 17.2. The Balaban J connectivity index is 0.995. The Morgan fingerprint density at radius 2 is 1.70 bits per heavy atom. The van der Waals surface area contributed by atoms with E-state index in [9.17, 15) is 33.1 Å². The van der Waals surface area contributed by atoms with Crippen molar-refractivity contribution < 1.29 is 42.5 Å². The van der Waals surface area contributed by atoms with Gasteiger partial charge in [0.15, 0.2) is 23.3 Å². The number of thiazole rings is 2. The van der Waals surface area contributed by atoms with Gasteiger partial charge < -0.3 is 40.3 Å². The van der Waals surface area contributed by atoms with Crippen LogP contribution in [0.15, 0.2) is 47.3 Å². The third-order valence-corrected chi connectivity index (χ3v) is 12.2. The number of amides is 4. The van der Waals surface area contributed by atoms with Crippen LogP contribution in [0.2, 0.25) is 0 Å². The van der Waals surface area contributed by atoms with E-state index in [2.05, 4.69) is 30.8 Å². The molecule has 0 radical (unpaired) electrons. The Labute approximate surface area is 362 Å². The fourth-order valence-electron chi connectivity index (χ4n) is 7.17. The summed E-state index contributed by atoms with van der Waals surface area (Å²) in [4.78, 5) is 66.4. The minimum atomic E-state index is -1.21. The molecule has 0 spiro atoms. The molecule has 4 N–H and O–H groups in total. The number of hydrogen-bond acceptors (Lipinski definition) is 12. The molecule has 2 saturated heterocycles. The van der Waals surface area contributed by atoms with Gasteiger partial charge in [-0.05, 0) is 48.4 Å². The lowest BCUT2D eigenvalue weighted by molar-refractivity contribution is -0.140. The molecule has 2 fully saturated rings. The van der Waals surface area contributed by atoms with E-state index >= 15 is 0 Å². The average molecular weight is 882 g/mol. The highest BCUT2D eigenvalue weighted by Gasteiger charge is 2.40. The molecule has 4 heterocycles. The largest absolute Gasteiger partial charge is 0.480 e. The van der Waals surface area contributed by atoms with Gasteiger partial charge in [-0.1, -0.05) is 45.0 Å². The third-order valence-electron chi connectivity index (χ3n) is 10.3. The summed E-state index contributed by atoms with van der Waals surface area (Å²) in [5, 5.41) is 21.5. The van der Waals surface area contributed by atoms with Crippen molar-refractivity contribution in [1.29, 1.82) is 0 Å². The van der Waals surface area contributed by atoms with E-state index in [0.717, 1.165) is 27.3 Å². The Kier molecular flexibility index (Phi) is 15.4. The van der Waals surface area contributed by atoms with Crippen LogP contribution >= 0.6 is 22.7 Å². The SMILES string of the molecule is Cc1ncsc1-c1ccc([C@H](CC(=O)NCCCCNC(=O)COc2c(-c3csc(N4CCOCC4)n3)ccc(F)c2F)NC(=O)[C@@H]2C[C@@H](O)CN2C(=O)CC(C)(C)C)cc1. The van der Waals surface area contributed by atoms with Gasteiger partial charge in [0.1, 0.15) is 6.04 Å². The van der Waals surface area contributed by atoms with E-state index in [1.54, 1.807) is 10.9 Å². The number of benzene rings is 2. The van der Waals surface area contributed by atoms with Crippen LogP contribution in [0.3, 0.4) is 0 Å². The quantitative estimate of drug-likeness (QED) is 0.101. The smallest absolute Gasteiger partial charge is 0.257 e. The minimum Gasteiger partial charge on any atom is -0.480 e. The lowest BCUT2D eigenvalue weighted by Crippen LogP contribution is -2.48. The standard InChI is InChI=1S/C43H53F2N7O7S2/c1-26-40(61-25-48-26)28-9-7-27(8-10-28)32(49-41(57)34-19-29(53)22-52(34)37(56)21-43(2,3)4)20-35(54)46-13-5-6-14-47-36(55)23-59-39-30(11-12-31(44)38(39)45)33-24-60-42(50-33)51-15-17-58-18-16-51/h7-12,24-25,29,32,34,53H,5-6,13-23H2,1-4H3,(H,46,54)(H,47,55)(H,49,57)/t29-,32+,34+/m1/s1. The number of ether oxygens (including phenoxy) is 2. The number of hydrogen-bond donors (Lipinski definition) is 4. The van der Waals surface area contributed by atoms with Crippen molar-refractivity contribution >= 4 is 51.4 Å². The van der Waals surface area contributed by atoms with Crippen molar-refractivity contribution in [2.24, 2.45) is 5.41 Å². The summed E-state index contributed by atoms with van der Waals surface area (Å²) in [5.74, 6) is -4.23. The van der Waals surface area contributed by atoms with Crippen LogP contribution in [0.5, 0.6) is 5.75 Å². The van der Waals surface area contributed by atoms with Crippen LogP contribution in [-0.4, -0.2) is 108 Å². The Morgan fingerprint density at radius 1 is 1.00 bits per heavy atom. The first-order chi connectivity index (χ1) is 29.2. The number of rotatable bonds is 17. The van der Waals surface area contributed by atoms with Gasteiger partial charge in [-0.15, -0.1) is 22.7 Å². The molecule has 2 aliphatic rings. The minimum absolute atomic E-state index is 0.0606. The highest BCUT2D eigenvalue weighted by molar-refractivity contribution is 7.14. The molecule has 4 aromatic rings. The highest BCUT2D eigenvalue weighted by atomic mass is 32.1. The summed E-state index contributed by atoms with van der Waals surface area (Å²) in [6, 6.07) is 8.31. The molecule has 0 aliphatic carbocycles. The van der Waals surface area contributed by atoms with Crippen LogP contribution < -0.4 is 25.6 Å². The molecule has 0 saturated carbocycles. The number of nitrogens with one attached hydrogen (secondary N) is 3. The highest BCUT2D eigenvalue weighted by Crippen LogP contribution is 2.37. The van der Waals surface area contributed by atoms with E-state index in [1.165, 1.54) is 33.6 Å². The predicted octanol–water partition coefficient (Wildman–Crippen LogP) is 5.39. The van der Waals surface area contributed by atoms with Crippen LogP contribution in [0.25, 0.3) is 21.7 Å². The fraction of sp³-hybridized carbons (Fsp3) is 0.488. The average Bonchev–Trinajstić information content (AvgIpc) is 3.99. The number of carbonyl (C=O) groups is 4.